The van der Waals surface area contributed by atoms with Crippen molar-refractivity contribution in [1.82, 2.24) is 4.90 Å². The first kappa shape index (κ1) is 13.7. The molecule has 2 fully saturated rings. The highest BCUT2D eigenvalue weighted by Crippen LogP contribution is 2.32. The highest BCUT2D eigenvalue weighted by atomic mass is 32.2. The van der Waals surface area contributed by atoms with Gasteiger partial charge < -0.3 is 5.73 Å². The molecule has 1 saturated carbocycles. The van der Waals surface area contributed by atoms with Crippen molar-refractivity contribution in [3.8, 4) is 0 Å². The van der Waals surface area contributed by atoms with E-state index in [9.17, 15) is 0 Å². The second kappa shape index (κ2) is 6.44. The molecular formula is C14H28N2S. The van der Waals surface area contributed by atoms with Crippen molar-refractivity contribution in [1.29, 1.82) is 0 Å². The van der Waals surface area contributed by atoms with Crippen molar-refractivity contribution in [3.63, 3.8) is 0 Å². The van der Waals surface area contributed by atoms with Crippen LogP contribution in [0.1, 0.15) is 39.0 Å². The second-order valence-corrected chi connectivity index (χ2v) is 7.17. The molecule has 17 heavy (non-hydrogen) atoms. The van der Waals surface area contributed by atoms with Gasteiger partial charge in [-0.15, -0.1) is 0 Å². The van der Waals surface area contributed by atoms with Gasteiger partial charge in [0, 0.05) is 18.6 Å². The maximum absolute atomic E-state index is 6.04. The van der Waals surface area contributed by atoms with Crippen LogP contribution in [0.4, 0.5) is 0 Å². The number of rotatable bonds is 4. The van der Waals surface area contributed by atoms with Gasteiger partial charge in [0.15, 0.2) is 0 Å². The summed E-state index contributed by atoms with van der Waals surface area (Å²) in [6, 6.07) is 1.41. The zero-order valence-electron chi connectivity index (χ0n) is 11.4. The Bertz CT molecular complexity index is 228. The molecule has 0 aromatic carbocycles. The molecule has 3 heteroatoms. The highest BCUT2D eigenvalue weighted by Gasteiger charge is 2.32. The van der Waals surface area contributed by atoms with E-state index < -0.39 is 0 Å². The molecular weight excluding hydrogens is 228 g/mol. The van der Waals surface area contributed by atoms with Crippen molar-refractivity contribution in [2.45, 2.75) is 51.1 Å². The number of likely N-dealkylation sites (N-methyl/N-ethyl adjacent to an activating group) is 1. The molecule has 2 N–H and O–H groups in total. The van der Waals surface area contributed by atoms with Gasteiger partial charge in [0.25, 0.3) is 0 Å². The molecule has 1 aliphatic heterocycles. The normalized spacial score (nSPS) is 36.4. The van der Waals surface area contributed by atoms with E-state index in [-0.39, 0.29) is 0 Å². The van der Waals surface area contributed by atoms with Gasteiger partial charge in [-0.1, -0.05) is 19.8 Å². The van der Waals surface area contributed by atoms with Gasteiger partial charge in [0.2, 0.25) is 0 Å². The maximum Gasteiger partial charge on any atom is 0.0254 e. The number of thioether (sulfide) groups is 1. The van der Waals surface area contributed by atoms with Crippen LogP contribution in [0.2, 0.25) is 0 Å². The Balaban J connectivity index is 1.93. The Morgan fingerprint density at radius 2 is 2.18 bits per heavy atom. The average molecular weight is 256 g/mol. The second-order valence-electron chi connectivity index (χ2n) is 6.02. The molecule has 4 atom stereocenters. The van der Waals surface area contributed by atoms with E-state index in [1.807, 2.05) is 0 Å². The van der Waals surface area contributed by atoms with Gasteiger partial charge >= 0.3 is 0 Å². The largest absolute Gasteiger partial charge is 0.329 e. The highest BCUT2D eigenvalue weighted by molar-refractivity contribution is 7.99. The Morgan fingerprint density at radius 1 is 1.35 bits per heavy atom. The Kier molecular flexibility index (Phi) is 5.19. The van der Waals surface area contributed by atoms with Crippen LogP contribution < -0.4 is 5.73 Å². The third-order valence-electron chi connectivity index (χ3n) is 4.76. The first-order valence-corrected chi connectivity index (χ1v) is 8.37. The van der Waals surface area contributed by atoms with Crippen LogP contribution in [-0.4, -0.2) is 42.1 Å². The van der Waals surface area contributed by atoms with Crippen molar-refractivity contribution in [2.75, 3.05) is 25.1 Å². The number of hydrogen-bond acceptors (Lipinski definition) is 3. The summed E-state index contributed by atoms with van der Waals surface area (Å²) < 4.78 is 0. The van der Waals surface area contributed by atoms with Crippen LogP contribution in [-0.2, 0) is 0 Å². The molecule has 0 aromatic rings. The quantitative estimate of drug-likeness (QED) is 0.838. The fraction of sp³-hybridized carbons (Fsp3) is 1.00. The van der Waals surface area contributed by atoms with Crippen molar-refractivity contribution in [2.24, 2.45) is 17.6 Å². The summed E-state index contributed by atoms with van der Waals surface area (Å²) >= 11 is 2.11. The first-order chi connectivity index (χ1) is 8.22. The lowest BCUT2D eigenvalue weighted by molar-refractivity contribution is 0.0944. The summed E-state index contributed by atoms with van der Waals surface area (Å²) in [5.41, 5.74) is 6.04. The Hall–Kier alpha value is 0.270. The lowest BCUT2D eigenvalue weighted by Gasteiger charge is -2.40. The van der Waals surface area contributed by atoms with E-state index in [4.69, 9.17) is 5.73 Å². The van der Waals surface area contributed by atoms with Gasteiger partial charge in [-0.05, 0) is 49.7 Å². The lowest BCUT2D eigenvalue weighted by Crippen LogP contribution is -2.49. The molecule has 0 spiro atoms. The zero-order chi connectivity index (χ0) is 12.3. The fourth-order valence-electron chi connectivity index (χ4n) is 3.59. The topological polar surface area (TPSA) is 29.3 Å². The van der Waals surface area contributed by atoms with Crippen molar-refractivity contribution >= 4 is 11.8 Å². The standard InChI is InChI=1S/C14H28N2S/c1-11-4-3-5-13(8-11)16(2)14(9-15)12-6-7-17-10-12/h11-14H,3-10,15H2,1-2H3. The fourth-order valence-corrected chi connectivity index (χ4v) is 4.92. The van der Waals surface area contributed by atoms with E-state index in [1.54, 1.807) is 0 Å². The van der Waals surface area contributed by atoms with Gasteiger partial charge in [-0.25, -0.2) is 0 Å². The summed E-state index contributed by atoms with van der Waals surface area (Å²) in [4.78, 5) is 2.63. The van der Waals surface area contributed by atoms with Gasteiger partial charge in [-0.3, -0.25) is 4.90 Å². The first-order valence-electron chi connectivity index (χ1n) is 7.22. The molecule has 2 aliphatic rings. The Labute approximate surface area is 111 Å². The number of hydrogen-bond donors (Lipinski definition) is 1. The van der Waals surface area contributed by atoms with Crippen LogP contribution >= 0.6 is 11.8 Å². The molecule has 2 rings (SSSR count). The number of nitrogens with two attached hydrogens (primary N) is 1. The van der Waals surface area contributed by atoms with E-state index in [0.717, 1.165) is 24.4 Å². The van der Waals surface area contributed by atoms with Crippen LogP contribution in [0.25, 0.3) is 0 Å². The predicted octanol–water partition coefficient (Wildman–Crippen LogP) is 2.58. The van der Waals surface area contributed by atoms with Crippen molar-refractivity contribution in [3.05, 3.63) is 0 Å². The monoisotopic (exact) mass is 256 g/mol. The summed E-state index contributed by atoms with van der Waals surface area (Å²) in [6.45, 7) is 3.25. The lowest BCUT2D eigenvalue weighted by atomic mass is 9.84. The van der Waals surface area contributed by atoms with Gasteiger partial charge in [0.05, 0.1) is 0 Å². The smallest absolute Gasteiger partial charge is 0.0254 e. The Morgan fingerprint density at radius 3 is 2.76 bits per heavy atom. The van der Waals surface area contributed by atoms with Crippen molar-refractivity contribution < 1.29 is 0 Å². The molecule has 1 heterocycles. The molecule has 0 aromatic heterocycles. The summed E-state index contributed by atoms with van der Waals surface area (Å²) in [5.74, 6) is 4.42. The van der Waals surface area contributed by atoms with Crippen LogP contribution in [0.15, 0.2) is 0 Å². The number of nitrogens with zero attached hydrogens (tertiary/aromatic N) is 1. The minimum atomic E-state index is 0.625. The van der Waals surface area contributed by atoms with Gasteiger partial charge in [0.1, 0.15) is 0 Å². The molecule has 4 unspecified atom stereocenters. The van der Waals surface area contributed by atoms with Gasteiger partial charge in [-0.2, -0.15) is 11.8 Å². The predicted molar refractivity (Wildman–Crippen MR) is 77.5 cm³/mol. The summed E-state index contributed by atoms with van der Waals surface area (Å²) in [7, 11) is 2.32. The third kappa shape index (κ3) is 3.39. The third-order valence-corrected chi connectivity index (χ3v) is 5.95. The molecule has 0 radical (unpaired) electrons. The minimum Gasteiger partial charge on any atom is -0.329 e. The van der Waals surface area contributed by atoms with Crippen LogP contribution in [0.5, 0.6) is 0 Å². The molecule has 0 bridgehead atoms. The van der Waals surface area contributed by atoms with E-state index in [1.165, 1.54) is 43.6 Å². The average Bonchev–Trinajstić information content (AvgIpc) is 2.83. The zero-order valence-corrected chi connectivity index (χ0v) is 12.2. The maximum atomic E-state index is 6.04. The SMILES string of the molecule is CC1CCCC(N(C)C(CN)C2CCSC2)C1. The van der Waals surface area contributed by atoms with E-state index in [2.05, 4.69) is 30.6 Å². The minimum absolute atomic E-state index is 0.625. The van der Waals surface area contributed by atoms with E-state index >= 15 is 0 Å². The molecule has 1 saturated heterocycles. The van der Waals surface area contributed by atoms with Crippen LogP contribution in [0.3, 0.4) is 0 Å². The summed E-state index contributed by atoms with van der Waals surface area (Å²) in [5, 5.41) is 0. The molecule has 2 nitrogen and oxygen atoms in total. The molecule has 100 valence electrons. The van der Waals surface area contributed by atoms with E-state index in [0.29, 0.717) is 6.04 Å². The summed E-state index contributed by atoms with van der Waals surface area (Å²) in [6.07, 6.45) is 6.98. The molecule has 1 aliphatic carbocycles. The molecule has 0 amide bonds. The van der Waals surface area contributed by atoms with Crippen LogP contribution in [0, 0.1) is 11.8 Å².